The average Bonchev–Trinajstić information content (AvgIpc) is 2.16. The predicted octanol–water partition coefficient (Wildman–Crippen LogP) is 2.77. The highest BCUT2D eigenvalue weighted by molar-refractivity contribution is 5.39. The van der Waals surface area contributed by atoms with Gasteiger partial charge in [-0.05, 0) is 56.7 Å². The minimum absolute atomic E-state index is 0.104. The molecule has 0 aliphatic rings. The van der Waals surface area contributed by atoms with E-state index in [9.17, 15) is 0 Å². The molecule has 0 aliphatic heterocycles. The van der Waals surface area contributed by atoms with Gasteiger partial charge < -0.3 is 10.8 Å². The van der Waals surface area contributed by atoms with E-state index in [1.54, 1.807) is 0 Å². The molecule has 0 aliphatic carbocycles. The lowest BCUT2D eigenvalue weighted by molar-refractivity contribution is 0.281. The van der Waals surface area contributed by atoms with Gasteiger partial charge in [-0.15, -0.1) is 0 Å². The number of unbranched alkanes of at least 4 members (excludes halogenated alkanes) is 1. The first kappa shape index (κ1) is 13.2. The predicted molar refractivity (Wildman–Crippen MR) is 68.5 cm³/mol. The first-order valence-corrected chi connectivity index (χ1v) is 6.00. The summed E-state index contributed by atoms with van der Waals surface area (Å²) in [4.78, 5) is 0. The highest BCUT2D eigenvalue weighted by Crippen LogP contribution is 2.25. The average molecular weight is 221 g/mol. The number of aliphatic hydroxyl groups is 1. The van der Waals surface area contributed by atoms with Crippen LogP contribution < -0.4 is 5.73 Å². The van der Waals surface area contributed by atoms with Crippen LogP contribution in [0.4, 0.5) is 0 Å². The van der Waals surface area contributed by atoms with Crippen molar-refractivity contribution in [2.75, 3.05) is 6.61 Å². The van der Waals surface area contributed by atoms with Crippen LogP contribution in [-0.4, -0.2) is 11.7 Å². The maximum absolute atomic E-state index is 8.75. The maximum atomic E-state index is 8.75. The Balaban J connectivity index is 2.78. The molecule has 0 radical (unpaired) electrons. The lowest BCUT2D eigenvalue weighted by Gasteiger charge is -2.18. The third-order valence-electron chi connectivity index (χ3n) is 3.03. The van der Waals surface area contributed by atoms with E-state index in [1.807, 2.05) is 0 Å². The number of hydrogen-bond acceptors (Lipinski definition) is 2. The van der Waals surface area contributed by atoms with E-state index in [0.717, 1.165) is 19.3 Å². The van der Waals surface area contributed by atoms with Gasteiger partial charge >= 0.3 is 0 Å². The Morgan fingerprint density at radius 1 is 1.12 bits per heavy atom. The van der Waals surface area contributed by atoms with Crippen molar-refractivity contribution in [3.63, 3.8) is 0 Å². The van der Waals surface area contributed by atoms with Crippen LogP contribution in [0.2, 0.25) is 0 Å². The molecule has 1 atom stereocenters. The SMILES string of the molecule is Cc1cc(C)c(C(N)CCCCO)c(C)c1. The van der Waals surface area contributed by atoms with Gasteiger partial charge in [0.15, 0.2) is 0 Å². The monoisotopic (exact) mass is 221 g/mol. The summed E-state index contributed by atoms with van der Waals surface area (Å²) in [6.45, 7) is 6.63. The highest BCUT2D eigenvalue weighted by Gasteiger charge is 2.11. The standard InChI is InChI=1S/C14H23NO/c1-10-8-11(2)14(12(3)9-10)13(15)6-4-5-7-16/h8-9,13,16H,4-7,15H2,1-3H3. The van der Waals surface area contributed by atoms with Crippen molar-refractivity contribution >= 4 is 0 Å². The molecule has 2 heteroatoms. The van der Waals surface area contributed by atoms with E-state index in [4.69, 9.17) is 10.8 Å². The number of hydrogen-bond donors (Lipinski definition) is 2. The molecule has 0 amide bonds. The molecule has 16 heavy (non-hydrogen) atoms. The fourth-order valence-electron chi connectivity index (χ4n) is 2.40. The van der Waals surface area contributed by atoms with Crippen LogP contribution in [0.3, 0.4) is 0 Å². The Labute approximate surface area is 98.5 Å². The van der Waals surface area contributed by atoms with Crippen molar-refractivity contribution in [1.29, 1.82) is 0 Å². The quantitative estimate of drug-likeness (QED) is 0.751. The third-order valence-corrected chi connectivity index (χ3v) is 3.03. The van der Waals surface area contributed by atoms with Crippen molar-refractivity contribution in [3.05, 3.63) is 34.4 Å². The molecule has 2 nitrogen and oxygen atoms in total. The molecular formula is C14H23NO. The van der Waals surface area contributed by atoms with E-state index in [2.05, 4.69) is 32.9 Å². The van der Waals surface area contributed by atoms with Crippen LogP contribution >= 0.6 is 0 Å². The fourth-order valence-corrected chi connectivity index (χ4v) is 2.40. The Morgan fingerprint density at radius 3 is 2.19 bits per heavy atom. The summed E-state index contributed by atoms with van der Waals surface area (Å²) in [7, 11) is 0. The summed E-state index contributed by atoms with van der Waals surface area (Å²) in [6.07, 6.45) is 2.79. The van der Waals surface area contributed by atoms with E-state index in [-0.39, 0.29) is 12.6 Å². The van der Waals surface area contributed by atoms with E-state index < -0.39 is 0 Å². The zero-order chi connectivity index (χ0) is 12.1. The van der Waals surface area contributed by atoms with Crippen molar-refractivity contribution in [1.82, 2.24) is 0 Å². The van der Waals surface area contributed by atoms with Crippen molar-refractivity contribution in [2.24, 2.45) is 5.73 Å². The minimum atomic E-state index is 0.104. The molecule has 90 valence electrons. The molecule has 1 unspecified atom stereocenters. The molecule has 0 saturated heterocycles. The fraction of sp³-hybridized carbons (Fsp3) is 0.571. The largest absolute Gasteiger partial charge is 0.396 e. The van der Waals surface area contributed by atoms with Crippen molar-refractivity contribution in [3.8, 4) is 0 Å². The van der Waals surface area contributed by atoms with Crippen LogP contribution in [0.1, 0.15) is 47.6 Å². The number of benzene rings is 1. The Hall–Kier alpha value is -0.860. The van der Waals surface area contributed by atoms with Gasteiger partial charge in [-0.25, -0.2) is 0 Å². The molecule has 0 heterocycles. The summed E-state index contributed by atoms with van der Waals surface area (Å²) in [5.74, 6) is 0. The summed E-state index contributed by atoms with van der Waals surface area (Å²) < 4.78 is 0. The number of rotatable bonds is 5. The van der Waals surface area contributed by atoms with E-state index >= 15 is 0 Å². The third kappa shape index (κ3) is 3.32. The van der Waals surface area contributed by atoms with Crippen LogP contribution in [0.25, 0.3) is 0 Å². The maximum Gasteiger partial charge on any atom is 0.0431 e. The Morgan fingerprint density at radius 2 is 1.69 bits per heavy atom. The van der Waals surface area contributed by atoms with Gasteiger partial charge in [-0.1, -0.05) is 17.7 Å². The van der Waals surface area contributed by atoms with Gasteiger partial charge in [0.05, 0.1) is 0 Å². The molecule has 0 aromatic heterocycles. The topological polar surface area (TPSA) is 46.2 Å². The number of nitrogens with two attached hydrogens (primary N) is 1. The number of aliphatic hydroxyl groups excluding tert-OH is 1. The Kier molecular flexibility index (Phi) is 4.97. The van der Waals surface area contributed by atoms with Crippen LogP contribution in [0.15, 0.2) is 12.1 Å². The number of aryl methyl sites for hydroxylation is 3. The van der Waals surface area contributed by atoms with Gasteiger partial charge in [0.2, 0.25) is 0 Å². The zero-order valence-corrected chi connectivity index (χ0v) is 10.6. The van der Waals surface area contributed by atoms with Crippen molar-refractivity contribution in [2.45, 2.75) is 46.1 Å². The van der Waals surface area contributed by atoms with Crippen LogP contribution in [0, 0.1) is 20.8 Å². The van der Waals surface area contributed by atoms with Gasteiger partial charge in [0, 0.05) is 12.6 Å². The Bertz CT molecular complexity index is 324. The summed E-state index contributed by atoms with van der Waals surface area (Å²) in [6, 6.07) is 4.48. The molecule has 1 rings (SSSR count). The van der Waals surface area contributed by atoms with E-state index in [0.29, 0.717) is 0 Å². The molecule has 0 fully saturated rings. The summed E-state index contributed by atoms with van der Waals surface area (Å²) >= 11 is 0. The first-order chi connectivity index (χ1) is 7.56. The van der Waals surface area contributed by atoms with Crippen LogP contribution in [-0.2, 0) is 0 Å². The lowest BCUT2D eigenvalue weighted by atomic mass is 9.92. The molecule has 1 aromatic carbocycles. The lowest BCUT2D eigenvalue weighted by Crippen LogP contribution is -2.13. The van der Waals surface area contributed by atoms with Gasteiger partial charge in [0.25, 0.3) is 0 Å². The van der Waals surface area contributed by atoms with Crippen molar-refractivity contribution < 1.29 is 5.11 Å². The summed E-state index contributed by atoms with van der Waals surface area (Å²) in [5, 5.41) is 8.75. The molecular weight excluding hydrogens is 198 g/mol. The second-order valence-corrected chi connectivity index (χ2v) is 4.64. The van der Waals surface area contributed by atoms with Gasteiger partial charge in [-0.3, -0.25) is 0 Å². The highest BCUT2D eigenvalue weighted by atomic mass is 16.2. The van der Waals surface area contributed by atoms with Gasteiger partial charge in [-0.2, -0.15) is 0 Å². The van der Waals surface area contributed by atoms with E-state index in [1.165, 1.54) is 22.3 Å². The second-order valence-electron chi connectivity index (χ2n) is 4.64. The van der Waals surface area contributed by atoms with Gasteiger partial charge in [0.1, 0.15) is 0 Å². The molecule has 0 bridgehead atoms. The molecule has 0 saturated carbocycles. The summed E-state index contributed by atoms with van der Waals surface area (Å²) in [5.41, 5.74) is 11.4. The first-order valence-electron chi connectivity index (χ1n) is 6.00. The second kappa shape index (κ2) is 6.02. The molecule has 0 spiro atoms. The molecule has 3 N–H and O–H groups in total. The minimum Gasteiger partial charge on any atom is -0.396 e. The smallest absolute Gasteiger partial charge is 0.0431 e. The van der Waals surface area contributed by atoms with Crippen LogP contribution in [0.5, 0.6) is 0 Å². The molecule has 1 aromatic rings. The normalized spacial score (nSPS) is 12.8. The zero-order valence-electron chi connectivity index (χ0n) is 10.6.